The maximum atomic E-state index is 12.3. The van der Waals surface area contributed by atoms with Crippen LogP contribution in [0.3, 0.4) is 0 Å². The molecule has 1 saturated heterocycles. The summed E-state index contributed by atoms with van der Waals surface area (Å²) in [6.07, 6.45) is 2.12. The van der Waals surface area contributed by atoms with Crippen LogP contribution in [-0.4, -0.2) is 42.3 Å². The van der Waals surface area contributed by atoms with Gasteiger partial charge >= 0.3 is 0 Å². The van der Waals surface area contributed by atoms with Gasteiger partial charge in [0, 0.05) is 41.7 Å². The minimum absolute atomic E-state index is 0.0900. The fourth-order valence-corrected chi connectivity index (χ4v) is 4.35. The number of hydrogen-bond acceptors (Lipinski definition) is 5. The first-order chi connectivity index (χ1) is 16.0. The number of carbonyl (C=O) groups excluding carboxylic acids is 3. The van der Waals surface area contributed by atoms with E-state index in [1.165, 1.54) is 0 Å². The van der Waals surface area contributed by atoms with E-state index < -0.39 is 0 Å². The first kappa shape index (κ1) is 22.7. The summed E-state index contributed by atoms with van der Waals surface area (Å²) in [6.45, 7) is 3.10. The number of carbonyl (C=O) groups is 3. The Bertz CT molecular complexity index is 1140. The predicted octanol–water partition coefficient (Wildman–Crippen LogP) is 3.33. The Kier molecular flexibility index (Phi) is 7.14. The molecule has 7 nitrogen and oxygen atoms in total. The van der Waals surface area contributed by atoms with Crippen molar-refractivity contribution < 1.29 is 14.4 Å². The van der Waals surface area contributed by atoms with E-state index in [2.05, 4.69) is 15.6 Å². The molecule has 0 radical (unpaired) electrons. The van der Waals surface area contributed by atoms with Gasteiger partial charge in [-0.1, -0.05) is 24.3 Å². The molecule has 3 amide bonds. The highest BCUT2D eigenvalue weighted by Gasteiger charge is 2.21. The highest BCUT2D eigenvalue weighted by atomic mass is 32.1. The number of aryl methyl sites for hydroxylation is 1. The molecule has 0 saturated carbocycles. The minimum atomic E-state index is -0.322. The molecule has 2 aromatic carbocycles. The molecule has 1 aliphatic heterocycles. The standard InChI is InChI=1S/C25H26N4O3S/c1-17-28-22(16-33-17)19-6-4-18(5-7-19)12-13-26-23(30)15-27-25(32)20-8-10-21(11-9-20)29-14-2-3-24(29)31/h4-11,16H,2-3,12-15H2,1H3,(H,26,30)(H,27,32). The van der Waals surface area contributed by atoms with E-state index in [1.807, 2.05) is 36.6 Å². The first-order valence-corrected chi connectivity index (χ1v) is 11.8. The lowest BCUT2D eigenvalue weighted by molar-refractivity contribution is -0.120. The zero-order chi connectivity index (χ0) is 23.2. The number of rotatable bonds is 8. The molecule has 8 heteroatoms. The van der Waals surface area contributed by atoms with Crippen LogP contribution in [0, 0.1) is 6.92 Å². The van der Waals surface area contributed by atoms with E-state index in [-0.39, 0.29) is 24.3 Å². The summed E-state index contributed by atoms with van der Waals surface area (Å²) >= 11 is 1.63. The first-order valence-electron chi connectivity index (χ1n) is 11.0. The van der Waals surface area contributed by atoms with Gasteiger partial charge in [-0.05, 0) is 49.6 Å². The second kappa shape index (κ2) is 10.4. The zero-order valence-electron chi connectivity index (χ0n) is 18.5. The fraction of sp³-hybridized carbons (Fsp3) is 0.280. The van der Waals surface area contributed by atoms with Crippen molar-refractivity contribution in [3.05, 3.63) is 70.0 Å². The van der Waals surface area contributed by atoms with Crippen LogP contribution in [0.25, 0.3) is 11.3 Å². The summed E-state index contributed by atoms with van der Waals surface area (Å²) < 4.78 is 0. The Hall–Kier alpha value is -3.52. The lowest BCUT2D eigenvalue weighted by Gasteiger charge is -2.15. The van der Waals surface area contributed by atoms with Gasteiger partial charge in [0.15, 0.2) is 0 Å². The number of aromatic nitrogens is 1. The molecule has 2 heterocycles. The van der Waals surface area contributed by atoms with E-state index in [4.69, 9.17) is 0 Å². The number of hydrogen-bond donors (Lipinski definition) is 2. The van der Waals surface area contributed by atoms with Gasteiger partial charge in [0.25, 0.3) is 5.91 Å². The molecule has 0 spiro atoms. The van der Waals surface area contributed by atoms with E-state index in [1.54, 1.807) is 40.5 Å². The van der Waals surface area contributed by atoms with Gasteiger partial charge < -0.3 is 15.5 Å². The Labute approximate surface area is 196 Å². The van der Waals surface area contributed by atoms with Crippen molar-refractivity contribution in [2.75, 3.05) is 24.5 Å². The van der Waals surface area contributed by atoms with E-state index >= 15 is 0 Å². The molecule has 0 atom stereocenters. The van der Waals surface area contributed by atoms with Gasteiger partial charge in [-0.15, -0.1) is 11.3 Å². The lowest BCUT2D eigenvalue weighted by atomic mass is 10.1. The maximum absolute atomic E-state index is 12.3. The molecule has 170 valence electrons. The minimum Gasteiger partial charge on any atom is -0.354 e. The van der Waals surface area contributed by atoms with Crippen LogP contribution in [0.4, 0.5) is 5.69 Å². The highest BCUT2D eigenvalue weighted by Crippen LogP contribution is 2.22. The van der Waals surface area contributed by atoms with Crippen molar-refractivity contribution in [1.82, 2.24) is 15.6 Å². The van der Waals surface area contributed by atoms with Gasteiger partial charge in [-0.2, -0.15) is 0 Å². The molecular formula is C25H26N4O3S. The summed E-state index contributed by atoms with van der Waals surface area (Å²) in [7, 11) is 0. The van der Waals surface area contributed by atoms with Crippen molar-refractivity contribution in [3.8, 4) is 11.3 Å². The lowest BCUT2D eigenvalue weighted by Crippen LogP contribution is -2.37. The smallest absolute Gasteiger partial charge is 0.251 e. The average molecular weight is 463 g/mol. The van der Waals surface area contributed by atoms with Crippen molar-refractivity contribution in [1.29, 1.82) is 0 Å². The second-order valence-electron chi connectivity index (χ2n) is 7.93. The van der Waals surface area contributed by atoms with Gasteiger partial charge in [-0.25, -0.2) is 4.98 Å². The van der Waals surface area contributed by atoms with Crippen LogP contribution in [0.1, 0.15) is 33.8 Å². The number of anilines is 1. The molecule has 3 aromatic rings. The number of amides is 3. The van der Waals surface area contributed by atoms with Gasteiger partial charge in [0.1, 0.15) is 0 Å². The molecule has 0 unspecified atom stereocenters. The van der Waals surface area contributed by atoms with Crippen LogP contribution >= 0.6 is 11.3 Å². The number of thiazole rings is 1. The summed E-state index contributed by atoms with van der Waals surface area (Å²) in [5, 5.41) is 8.55. The Morgan fingerprint density at radius 2 is 1.82 bits per heavy atom. The van der Waals surface area contributed by atoms with Crippen molar-refractivity contribution in [2.24, 2.45) is 0 Å². The Morgan fingerprint density at radius 1 is 1.06 bits per heavy atom. The SMILES string of the molecule is Cc1nc(-c2ccc(CCNC(=O)CNC(=O)c3ccc(N4CCCC4=O)cc3)cc2)cs1. The third-order valence-electron chi connectivity index (χ3n) is 5.53. The molecule has 1 aliphatic rings. The maximum Gasteiger partial charge on any atom is 0.251 e. The monoisotopic (exact) mass is 462 g/mol. The van der Waals surface area contributed by atoms with Crippen LogP contribution < -0.4 is 15.5 Å². The normalized spacial score (nSPS) is 13.2. The summed E-state index contributed by atoms with van der Waals surface area (Å²) in [5.41, 5.74) is 4.42. The molecule has 4 rings (SSSR count). The predicted molar refractivity (Wildman–Crippen MR) is 129 cm³/mol. The summed E-state index contributed by atoms with van der Waals surface area (Å²) in [5.74, 6) is -0.455. The molecule has 33 heavy (non-hydrogen) atoms. The van der Waals surface area contributed by atoms with E-state index in [0.29, 0.717) is 31.5 Å². The number of nitrogens with zero attached hydrogens (tertiary/aromatic N) is 2. The fourth-order valence-electron chi connectivity index (χ4n) is 3.72. The molecule has 1 fully saturated rings. The largest absolute Gasteiger partial charge is 0.354 e. The van der Waals surface area contributed by atoms with E-state index in [0.717, 1.165) is 33.9 Å². The van der Waals surface area contributed by atoms with Crippen LogP contribution in [-0.2, 0) is 16.0 Å². The van der Waals surface area contributed by atoms with Crippen LogP contribution in [0.15, 0.2) is 53.9 Å². The van der Waals surface area contributed by atoms with Crippen molar-refractivity contribution in [3.63, 3.8) is 0 Å². The van der Waals surface area contributed by atoms with Crippen molar-refractivity contribution >= 4 is 34.7 Å². The molecule has 0 bridgehead atoms. The van der Waals surface area contributed by atoms with Gasteiger partial charge in [-0.3, -0.25) is 14.4 Å². The summed E-state index contributed by atoms with van der Waals surface area (Å²) in [4.78, 5) is 42.4. The Morgan fingerprint density at radius 3 is 2.45 bits per heavy atom. The quantitative estimate of drug-likeness (QED) is 0.537. The average Bonchev–Trinajstić information content (AvgIpc) is 3.46. The molecule has 1 aromatic heterocycles. The third-order valence-corrected chi connectivity index (χ3v) is 6.30. The molecular weight excluding hydrogens is 436 g/mol. The zero-order valence-corrected chi connectivity index (χ0v) is 19.3. The third kappa shape index (κ3) is 5.84. The van der Waals surface area contributed by atoms with Crippen LogP contribution in [0.5, 0.6) is 0 Å². The van der Waals surface area contributed by atoms with Gasteiger partial charge in [0.05, 0.1) is 17.2 Å². The summed E-state index contributed by atoms with van der Waals surface area (Å²) in [6, 6.07) is 15.0. The molecule has 2 N–H and O–H groups in total. The number of nitrogens with one attached hydrogen (secondary N) is 2. The molecule has 0 aliphatic carbocycles. The highest BCUT2D eigenvalue weighted by molar-refractivity contribution is 7.09. The van der Waals surface area contributed by atoms with Gasteiger partial charge in [0.2, 0.25) is 11.8 Å². The van der Waals surface area contributed by atoms with E-state index in [9.17, 15) is 14.4 Å². The Balaban J connectivity index is 1.18. The van der Waals surface area contributed by atoms with Crippen molar-refractivity contribution in [2.45, 2.75) is 26.2 Å². The number of benzene rings is 2. The van der Waals surface area contributed by atoms with Crippen LogP contribution in [0.2, 0.25) is 0 Å². The topological polar surface area (TPSA) is 91.4 Å². The second-order valence-corrected chi connectivity index (χ2v) is 8.99.